The van der Waals surface area contributed by atoms with Crippen LogP contribution in [0.2, 0.25) is 0 Å². The van der Waals surface area contributed by atoms with Gasteiger partial charge in [-0.15, -0.1) is 0 Å². The van der Waals surface area contributed by atoms with Gasteiger partial charge < -0.3 is 35.4 Å². The molecule has 5 amide bonds. The van der Waals surface area contributed by atoms with Crippen molar-refractivity contribution in [1.29, 1.82) is 0 Å². The minimum absolute atomic E-state index is 0.0350. The van der Waals surface area contributed by atoms with Gasteiger partial charge in [-0.2, -0.15) is 0 Å². The SMILES string of the molecule is CCN1CCN(C(=O)N[C@@H](C(=O)NC2Cc3ccc(F)c(C(=O)O)c3OB2O)[C@H](O)C(F)F)C(=O)C1=O. The topological polar surface area (TPSA) is 186 Å². The second-order valence-electron chi connectivity index (χ2n) is 8.14. The lowest BCUT2D eigenvalue weighted by Crippen LogP contribution is -2.64. The molecule has 37 heavy (non-hydrogen) atoms. The molecule has 13 nitrogen and oxygen atoms in total. The molecule has 200 valence electrons. The number of halogens is 3. The van der Waals surface area contributed by atoms with Crippen LogP contribution in [0, 0.1) is 5.82 Å². The van der Waals surface area contributed by atoms with Crippen LogP contribution in [0.4, 0.5) is 18.0 Å². The average molecular weight is 530 g/mol. The van der Waals surface area contributed by atoms with Crippen molar-refractivity contribution in [2.24, 2.45) is 0 Å². The first kappa shape index (κ1) is 27.7. The minimum atomic E-state index is -3.53. The zero-order valence-electron chi connectivity index (χ0n) is 19.2. The van der Waals surface area contributed by atoms with Crippen molar-refractivity contribution in [2.45, 2.75) is 37.9 Å². The summed E-state index contributed by atoms with van der Waals surface area (Å²) < 4.78 is 45.5. The normalized spacial score (nSPS) is 19.2. The van der Waals surface area contributed by atoms with Gasteiger partial charge in [0.2, 0.25) is 5.91 Å². The summed E-state index contributed by atoms with van der Waals surface area (Å²) in [5.41, 5.74) is -0.802. The lowest BCUT2D eigenvalue weighted by atomic mass is 9.72. The Labute approximate surface area is 207 Å². The zero-order valence-corrected chi connectivity index (χ0v) is 19.2. The van der Waals surface area contributed by atoms with Crippen molar-refractivity contribution in [3.63, 3.8) is 0 Å². The van der Waals surface area contributed by atoms with Gasteiger partial charge in [0.15, 0.2) is 0 Å². The Morgan fingerprint density at radius 1 is 1.22 bits per heavy atom. The zero-order chi connectivity index (χ0) is 27.6. The Bertz CT molecular complexity index is 1120. The van der Waals surface area contributed by atoms with Crippen molar-refractivity contribution >= 4 is 36.8 Å². The van der Waals surface area contributed by atoms with Gasteiger partial charge in [0.25, 0.3) is 6.43 Å². The maximum atomic E-state index is 13.9. The number of nitrogens with zero attached hydrogens (tertiary/aromatic N) is 2. The third kappa shape index (κ3) is 5.61. The number of rotatable bonds is 7. The molecule has 1 aromatic rings. The van der Waals surface area contributed by atoms with E-state index in [1.165, 1.54) is 0 Å². The number of imide groups is 1. The van der Waals surface area contributed by atoms with Crippen molar-refractivity contribution in [2.75, 3.05) is 19.6 Å². The molecule has 0 radical (unpaired) electrons. The van der Waals surface area contributed by atoms with Crippen molar-refractivity contribution in [1.82, 2.24) is 20.4 Å². The molecule has 0 aliphatic carbocycles. The number of carboxylic acids is 1. The number of nitrogens with one attached hydrogen (secondary N) is 2. The number of carbonyl (C=O) groups is 5. The van der Waals surface area contributed by atoms with E-state index >= 15 is 0 Å². The molecule has 2 heterocycles. The van der Waals surface area contributed by atoms with Crippen LogP contribution in [0.15, 0.2) is 12.1 Å². The van der Waals surface area contributed by atoms with Crippen LogP contribution in [-0.2, 0) is 20.8 Å². The van der Waals surface area contributed by atoms with E-state index in [1.54, 1.807) is 6.92 Å². The summed E-state index contributed by atoms with van der Waals surface area (Å²) in [4.78, 5) is 62.5. The summed E-state index contributed by atoms with van der Waals surface area (Å²) in [7, 11) is -1.96. The quantitative estimate of drug-likeness (QED) is 0.204. The van der Waals surface area contributed by atoms with E-state index in [0.717, 1.165) is 17.0 Å². The molecule has 5 N–H and O–H groups in total. The maximum absolute atomic E-state index is 13.9. The molecule has 17 heteroatoms. The van der Waals surface area contributed by atoms with Crippen LogP contribution in [-0.4, -0.2) is 106 Å². The number of aromatic carboxylic acids is 1. The fourth-order valence-electron chi connectivity index (χ4n) is 3.86. The summed E-state index contributed by atoms with van der Waals surface area (Å²) in [5.74, 6) is -8.40. The lowest BCUT2D eigenvalue weighted by molar-refractivity contribution is -0.153. The Morgan fingerprint density at radius 3 is 2.49 bits per heavy atom. The second-order valence-corrected chi connectivity index (χ2v) is 8.14. The monoisotopic (exact) mass is 530 g/mol. The first-order valence-corrected chi connectivity index (χ1v) is 10.9. The molecule has 1 saturated heterocycles. The number of aliphatic hydroxyl groups excluding tert-OH is 1. The predicted octanol–water partition coefficient (Wildman–Crippen LogP) is -1.64. The Morgan fingerprint density at radius 2 is 1.89 bits per heavy atom. The summed E-state index contributed by atoms with van der Waals surface area (Å²) in [5, 5.41) is 33.2. The van der Waals surface area contributed by atoms with Crippen LogP contribution in [0.5, 0.6) is 5.75 Å². The highest BCUT2D eigenvalue weighted by Gasteiger charge is 2.43. The Balaban J connectivity index is 1.77. The summed E-state index contributed by atoms with van der Waals surface area (Å²) in [6.45, 7) is 1.45. The number of hydrogen-bond donors (Lipinski definition) is 5. The molecule has 1 unspecified atom stereocenters. The number of urea groups is 1. The number of hydrogen-bond acceptors (Lipinski definition) is 8. The predicted molar refractivity (Wildman–Crippen MR) is 116 cm³/mol. The summed E-state index contributed by atoms with van der Waals surface area (Å²) in [6, 6.07) is -1.77. The standard InChI is InChI=1S/C20H22BF3N4O9/c1-2-27-5-6-28(18(32)17(27)31)20(35)26-12(13(29)15(23)24)16(30)25-10-7-8-3-4-9(22)11(19(33)34)14(8)37-21(10)36/h3-4,10,12-13,15,29,36H,2,5-7H2,1H3,(H,25,30)(H,26,35)(H,33,34)/t10?,12-,13+/m1/s1. The fourth-order valence-corrected chi connectivity index (χ4v) is 3.86. The highest BCUT2D eigenvalue weighted by molar-refractivity contribution is 6.47. The van der Waals surface area contributed by atoms with Gasteiger partial charge in [0.05, 0.1) is 5.94 Å². The van der Waals surface area contributed by atoms with Crippen LogP contribution in [0.3, 0.4) is 0 Å². The largest absolute Gasteiger partial charge is 0.547 e. The number of aliphatic hydroxyl groups is 1. The smallest absolute Gasteiger partial charge is 0.534 e. The molecule has 1 aromatic carbocycles. The molecule has 2 aliphatic heterocycles. The highest BCUT2D eigenvalue weighted by atomic mass is 19.3. The summed E-state index contributed by atoms with van der Waals surface area (Å²) >= 11 is 0. The number of amides is 5. The van der Waals surface area contributed by atoms with Crippen molar-refractivity contribution in [3.8, 4) is 5.75 Å². The van der Waals surface area contributed by atoms with Crippen LogP contribution >= 0.6 is 0 Å². The molecule has 1 fully saturated rings. The van der Waals surface area contributed by atoms with Crippen LogP contribution in [0.1, 0.15) is 22.8 Å². The number of likely N-dealkylation sites (N-methyl/N-ethyl adjacent to an activating group) is 1. The van der Waals surface area contributed by atoms with E-state index in [2.05, 4.69) is 5.32 Å². The molecular formula is C20H22BF3N4O9. The average Bonchev–Trinajstić information content (AvgIpc) is 2.83. The van der Waals surface area contributed by atoms with Gasteiger partial charge in [-0.1, -0.05) is 6.07 Å². The lowest BCUT2D eigenvalue weighted by Gasteiger charge is -2.34. The van der Waals surface area contributed by atoms with E-state index in [-0.39, 0.29) is 31.6 Å². The van der Waals surface area contributed by atoms with Crippen LogP contribution in [0.25, 0.3) is 0 Å². The van der Waals surface area contributed by atoms with E-state index in [0.29, 0.717) is 4.90 Å². The molecule has 3 atom stereocenters. The van der Waals surface area contributed by atoms with Crippen molar-refractivity contribution < 1.29 is 57.0 Å². The van der Waals surface area contributed by atoms with E-state index < -0.39 is 78.5 Å². The number of benzene rings is 1. The molecule has 3 rings (SSSR count). The van der Waals surface area contributed by atoms with E-state index in [9.17, 15) is 52.4 Å². The first-order valence-electron chi connectivity index (χ1n) is 10.9. The van der Waals surface area contributed by atoms with Gasteiger partial charge in [-0.05, 0) is 25.0 Å². The molecule has 0 spiro atoms. The Kier molecular flexibility index (Phi) is 8.27. The maximum Gasteiger partial charge on any atom is 0.547 e. The second kappa shape index (κ2) is 11.0. The van der Waals surface area contributed by atoms with Gasteiger partial charge >= 0.3 is 30.9 Å². The van der Waals surface area contributed by atoms with Crippen LogP contribution < -0.4 is 15.3 Å². The number of carboxylic acid groups (broad SMARTS) is 1. The third-order valence-corrected chi connectivity index (χ3v) is 5.85. The number of fused-ring (bicyclic) bond motifs is 1. The fraction of sp³-hybridized carbons (Fsp3) is 0.450. The van der Waals surface area contributed by atoms with Crippen molar-refractivity contribution in [3.05, 3.63) is 29.1 Å². The molecule has 0 saturated carbocycles. The van der Waals surface area contributed by atoms with Gasteiger partial charge in [-0.3, -0.25) is 19.3 Å². The third-order valence-electron chi connectivity index (χ3n) is 5.85. The Hall–Kier alpha value is -3.86. The highest BCUT2D eigenvalue weighted by Crippen LogP contribution is 2.32. The number of alkyl halides is 2. The summed E-state index contributed by atoms with van der Waals surface area (Å²) in [6.07, 6.45) is -6.62. The van der Waals surface area contributed by atoms with Gasteiger partial charge in [0.1, 0.15) is 29.3 Å². The van der Waals surface area contributed by atoms with Gasteiger partial charge in [-0.25, -0.2) is 22.8 Å². The number of piperazine rings is 1. The first-order chi connectivity index (χ1) is 17.4. The molecule has 0 bridgehead atoms. The molecule has 0 aromatic heterocycles. The van der Waals surface area contributed by atoms with E-state index in [4.69, 9.17) is 4.65 Å². The molecular weight excluding hydrogens is 508 g/mol. The van der Waals surface area contributed by atoms with Gasteiger partial charge in [0, 0.05) is 19.6 Å². The minimum Gasteiger partial charge on any atom is -0.534 e. The van der Waals surface area contributed by atoms with E-state index in [1.807, 2.05) is 5.32 Å². The number of carbonyl (C=O) groups excluding carboxylic acids is 4. The molecule has 2 aliphatic rings.